The largest absolute Gasteiger partial charge is 0.307 e. The average Bonchev–Trinajstić information content (AvgIpc) is 3.54. The lowest BCUT2D eigenvalue weighted by Crippen LogP contribution is -2.38. The molecule has 7 nitrogen and oxygen atoms in total. The molecule has 0 saturated heterocycles. The Kier molecular flexibility index (Phi) is 6.38. The number of H-pyrrole nitrogens is 1. The molecule has 6 rings (SSSR count). The van der Waals surface area contributed by atoms with Gasteiger partial charge in [-0.05, 0) is 42.0 Å². The Bertz CT molecular complexity index is 1760. The molecular weight excluding hydrogens is 551 g/mol. The summed E-state index contributed by atoms with van der Waals surface area (Å²) in [5.41, 5.74) is 3.31. The zero-order valence-corrected chi connectivity index (χ0v) is 22.3. The molecule has 0 radical (unpaired) electrons. The van der Waals surface area contributed by atoms with Crippen molar-refractivity contribution < 1.29 is 4.79 Å². The number of rotatable bonds is 4. The lowest BCUT2D eigenvalue weighted by molar-refractivity contribution is 0.0964. The van der Waals surface area contributed by atoms with Gasteiger partial charge in [-0.15, -0.1) is 0 Å². The van der Waals surface area contributed by atoms with Crippen LogP contribution >= 0.6 is 35.0 Å². The van der Waals surface area contributed by atoms with E-state index in [1.165, 1.54) is 11.8 Å². The van der Waals surface area contributed by atoms with E-state index in [2.05, 4.69) is 27.7 Å². The van der Waals surface area contributed by atoms with E-state index < -0.39 is 5.92 Å². The molecule has 0 fully saturated rings. The summed E-state index contributed by atoms with van der Waals surface area (Å²) in [7, 11) is 0. The minimum atomic E-state index is -0.714. The molecule has 3 heterocycles. The van der Waals surface area contributed by atoms with Crippen LogP contribution < -0.4 is 10.2 Å². The topological polar surface area (TPSA) is 109 Å². The summed E-state index contributed by atoms with van der Waals surface area (Å²) in [6.45, 7) is 0. The van der Waals surface area contributed by atoms with E-state index in [1.54, 1.807) is 65.6 Å². The van der Waals surface area contributed by atoms with Crippen molar-refractivity contribution >= 4 is 46.7 Å². The predicted molar refractivity (Wildman–Crippen MR) is 151 cm³/mol. The van der Waals surface area contributed by atoms with Crippen LogP contribution in [0.1, 0.15) is 21.8 Å². The highest BCUT2D eigenvalue weighted by Crippen LogP contribution is 2.56. The Morgan fingerprint density at radius 3 is 2.21 bits per heavy atom. The van der Waals surface area contributed by atoms with Gasteiger partial charge in [-0.1, -0.05) is 77.4 Å². The van der Waals surface area contributed by atoms with E-state index in [0.717, 1.165) is 16.2 Å². The summed E-state index contributed by atoms with van der Waals surface area (Å²) in [6.07, 6.45) is 0. The summed E-state index contributed by atoms with van der Waals surface area (Å²) < 4.78 is 0. The molecule has 4 aromatic rings. The van der Waals surface area contributed by atoms with Gasteiger partial charge in [0, 0.05) is 21.2 Å². The van der Waals surface area contributed by atoms with Crippen LogP contribution in [0.15, 0.2) is 106 Å². The molecule has 1 aromatic heterocycles. The second-order valence-electron chi connectivity index (χ2n) is 8.71. The van der Waals surface area contributed by atoms with Gasteiger partial charge in [0.2, 0.25) is 0 Å². The van der Waals surface area contributed by atoms with Crippen LogP contribution in [0, 0.1) is 22.7 Å². The third-order valence-electron chi connectivity index (χ3n) is 6.45. The molecule has 0 spiro atoms. The second kappa shape index (κ2) is 10.0. The number of aromatic amines is 1. The number of carbonyl (C=O) groups is 1. The van der Waals surface area contributed by atoms with Crippen molar-refractivity contribution in [1.82, 2.24) is 15.5 Å². The average molecular weight is 567 g/mol. The normalized spacial score (nSPS) is 15.9. The Morgan fingerprint density at radius 1 is 0.923 bits per heavy atom. The van der Waals surface area contributed by atoms with E-state index in [0.29, 0.717) is 37.6 Å². The molecule has 1 amide bonds. The Labute approximate surface area is 238 Å². The van der Waals surface area contributed by atoms with Crippen LogP contribution in [-0.2, 0) is 0 Å². The van der Waals surface area contributed by atoms with Gasteiger partial charge in [-0.3, -0.25) is 14.8 Å². The van der Waals surface area contributed by atoms with Crippen LogP contribution in [0.2, 0.25) is 10.0 Å². The fraction of sp³-hybridized carbons (Fsp3) is 0.0345. The molecular formula is C29H16Cl2N6OS. The van der Waals surface area contributed by atoms with Gasteiger partial charge in [0.05, 0.1) is 39.8 Å². The molecule has 2 aliphatic heterocycles. The minimum Gasteiger partial charge on any atom is -0.307 e. The minimum absolute atomic E-state index is 0.214. The zero-order chi connectivity index (χ0) is 27.1. The van der Waals surface area contributed by atoms with Crippen molar-refractivity contribution in [1.29, 1.82) is 10.5 Å². The van der Waals surface area contributed by atoms with Crippen molar-refractivity contribution in [3.05, 3.63) is 122 Å². The predicted octanol–water partition coefficient (Wildman–Crippen LogP) is 6.99. The van der Waals surface area contributed by atoms with Crippen LogP contribution in [0.5, 0.6) is 0 Å². The number of hydrogen-bond donors (Lipinski definition) is 2. The van der Waals surface area contributed by atoms with E-state index in [-0.39, 0.29) is 17.3 Å². The molecule has 0 saturated carbocycles. The second-order valence-corrected chi connectivity index (χ2v) is 10.6. The van der Waals surface area contributed by atoms with Gasteiger partial charge >= 0.3 is 0 Å². The molecule has 10 heteroatoms. The third kappa shape index (κ3) is 4.25. The van der Waals surface area contributed by atoms with E-state index in [9.17, 15) is 15.3 Å². The number of allylic oxidation sites excluding steroid dienone is 2. The first-order valence-corrected chi connectivity index (χ1v) is 13.3. The van der Waals surface area contributed by atoms with Gasteiger partial charge in [-0.25, -0.2) is 0 Å². The summed E-state index contributed by atoms with van der Waals surface area (Å²) in [6, 6.07) is 27.6. The number of nitriles is 2. The highest BCUT2D eigenvalue weighted by atomic mass is 35.5. The molecule has 188 valence electrons. The quantitative estimate of drug-likeness (QED) is 0.275. The molecule has 39 heavy (non-hydrogen) atoms. The van der Waals surface area contributed by atoms with Gasteiger partial charge in [0.15, 0.2) is 5.82 Å². The number of hydrogen-bond acceptors (Lipinski definition) is 6. The molecule has 0 aliphatic carbocycles. The van der Waals surface area contributed by atoms with Crippen molar-refractivity contribution in [2.24, 2.45) is 0 Å². The summed E-state index contributed by atoms with van der Waals surface area (Å²) in [5.74, 6) is -0.368. The van der Waals surface area contributed by atoms with E-state index >= 15 is 0 Å². The number of thioether (sulfide) groups is 1. The lowest BCUT2D eigenvalue weighted by atomic mass is 9.83. The molecule has 0 bridgehead atoms. The zero-order valence-electron chi connectivity index (χ0n) is 19.9. The molecule has 2 aliphatic rings. The van der Waals surface area contributed by atoms with Gasteiger partial charge in [-0.2, -0.15) is 15.6 Å². The van der Waals surface area contributed by atoms with Crippen LogP contribution in [-0.4, -0.2) is 16.1 Å². The first kappa shape index (κ1) is 24.8. The molecule has 3 aromatic carbocycles. The number of aromatic nitrogens is 2. The van der Waals surface area contributed by atoms with Crippen LogP contribution in [0.25, 0.3) is 11.3 Å². The standard InChI is InChI=1S/C29H16Cl2N6OS/c30-19-10-6-16(7-11-19)23-21(14-32)26(34-28(38)18-4-2-1-3-5-18)37-27-25(39-29(37)22(23)15-33)24(35-36-27)17-8-12-20(31)13-9-17/h1-13,23H,(H,34,38)(H,35,36). The van der Waals surface area contributed by atoms with Crippen LogP contribution in [0.4, 0.5) is 5.82 Å². The van der Waals surface area contributed by atoms with Gasteiger partial charge in [0.1, 0.15) is 10.9 Å². The molecule has 1 unspecified atom stereocenters. The van der Waals surface area contributed by atoms with Gasteiger partial charge in [0.25, 0.3) is 5.91 Å². The SMILES string of the molecule is N#CC1=C(NC(=O)c2ccccc2)N2C(=C(C#N)C1c1ccc(Cl)cc1)Sc1c2n[nH]c1-c1ccc(Cl)cc1. The number of halogens is 2. The number of nitrogens with zero attached hydrogens (tertiary/aromatic N) is 4. The monoisotopic (exact) mass is 566 g/mol. The maximum absolute atomic E-state index is 13.3. The van der Waals surface area contributed by atoms with Crippen molar-refractivity contribution in [3.8, 4) is 23.4 Å². The maximum Gasteiger partial charge on any atom is 0.256 e. The fourth-order valence-corrected chi connectivity index (χ4v) is 6.12. The summed E-state index contributed by atoms with van der Waals surface area (Å²) in [4.78, 5) is 15.8. The number of nitrogens with one attached hydrogen (secondary N) is 2. The highest BCUT2D eigenvalue weighted by molar-refractivity contribution is 8.04. The first-order valence-electron chi connectivity index (χ1n) is 11.7. The number of amides is 1. The van der Waals surface area contributed by atoms with E-state index in [1.807, 2.05) is 18.2 Å². The number of benzene rings is 3. The lowest BCUT2D eigenvalue weighted by Gasteiger charge is -2.32. The van der Waals surface area contributed by atoms with Crippen molar-refractivity contribution in [2.75, 3.05) is 4.90 Å². The fourth-order valence-electron chi connectivity index (χ4n) is 4.64. The van der Waals surface area contributed by atoms with Crippen LogP contribution in [0.3, 0.4) is 0 Å². The Balaban J connectivity index is 1.55. The number of carbonyl (C=O) groups excluding carboxylic acids is 1. The summed E-state index contributed by atoms with van der Waals surface area (Å²) in [5, 5.41) is 33.1. The Hall–Kier alpha value is -4.47. The van der Waals surface area contributed by atoms with E-state index in [4.69, 9.17) is 23.2 Å². The number of fused-ring (bicyclic) bond motifs is 3. The smallest absolute Gasteiger partial charge is 0.256 e. The first-order chi connectivity index (χ1) is 19.0. The highest BCUT2D eigenvalue weighted by Gasteiger charge is 2.44. The van der Waals surface area contributed by atoms with Crippen molar-refractivity contribution in [3.63, 3.8) is 0 Å². The summed E-state index contributed by atoms with van der Waals surface area (Å²) >= 11 is 13.6. The third-order valence-corrected chi connectivity index (χ3v) is 8.14. The maximum atomic E-state index is 13.3. The van der Waals surface area contributed by atoms with Gasteiger partial charge < -0.3 is 5.32 Å². The Morgan fingerprint density at radius 2 is 1.56 bits per heavy atom. The number of anilines is 1. The van der Waals surface area contributed by atoms with Crippen molar-refractivity contribution in [2.45, 2.75) is 10.8 Å². The molecule has 2 N–H and O–H groups in total. The molecule has 1 atom stereocenters.